The van der Waals surface area contributed by atoms with Gasteiger partial charge in [-0.1, -0.05) is 12.1 Å². The molecule has 1 aromatic carbocycles. The summed E-state index contributed by atoms with van der Waals surface area (Å²) in [5.74, 6) is 3.40. The van der Waals surface area contributed by atoms with Crippen LogP contribution in [0.4, 0.5) is 0 Å². The van der Waals surface area contributed by atoms with Crippen LogP contribution in [0, 0.1) is 6.92 Å². The van der Waals surface area contributed by atoms with Crippen molar-refractivity contribution in [3.8, 4) is 5.75 Å². The molecule has 0 unspecified atom stereocenters. The van der Waals surface area contributed by atoms with Crippen molar-refractivity contribution in [1.29, 1.82) is 0 Å². The van der Waals surface area contributed by atoms with Gasteiger partial charge in [-0.3, -0.25) is 0 Å². The number of benzene rings is 1. The first-order chi connectivity index (χ1) is 14.0. The third-order valence-electron chi connectivity index (χ3n) is 4.97. The Kier molecular flexibility index (Phi) is 8.70. The molecule has 0 fully saturated rings. The van der Waals surface area contributed by atoms with Gasteiger partial charge in [-0.2, -0.15) is 0 Å². The first kappa shape index (κ1) is 23.7. The summed E-state index contributed by atoms with van der Waals surface area (Å²) in [6.45, 7) is 3.81. The molecule has 1 N–H and O–H groups in total. The fourth-order valence-corrected chi connectivity index (χ4v) is 2.95. The van der Waals surface area contributed by atoms with Crippen LogP contribution in [-0.2, 0) is 33.7 Å². The Morgan fingerprint density at radius 2 is 1.90 bits per heavy atom. The number of aromatic nitrogens is 4. The summed E-state index contributed by atoms with van der Waals surface area (Å²) in [7, 11) is 7.72. The smallest absolute Gasteiger partial charge is 0.194 e. The maximum absolute atomic E-state index is 5.23. The molecule has 162 valence electrons. The highest BCUT2D eigenvalue weighted by molar-refractivity contribution is 14.0. The lowest BCUT2D eigenvalue weighted by Crippen LogP contribution is -2.39. The number of hydrogen-bond acceptors (Lipinski definition) is 4. The maximum atomic E-state index is 5.23. The van der Waals surface area contributed by atoms with Crippen molar-refractivity contribution in [2.75, 3.05) is 14.2 Å². The molecule has 9 heteroatoms. The number of hydrogen-bond donors (Lipinski definition) is 1. The molecule has 0 aliphatic carbocycles. The molecule has 0 saturated heterocycles. The van der Waals surface area contributed by atoms with Crippen LogP contribution in [0.2, 0.25) is 0 Å². The van der Waals surface area contributed by atoms with Gasteiger partial charge in [0.25, 0.3) is 0 Å². The zero-order valence-electron chi connectivity index (χ0n) is 18.2. The predicted octanol–water partition coefficient (Wildman–Crippen LogP) is 2.87. The Labute approximate surface area is 195 Å². The van der Waals surface area contributed by atoms with E-state index in [4.69, 9.17) is 9.73 Å². The fourth-order valence-electron chi connectivity index (χ4n) is 2.95. The van der Waals surface area contributed by atoms with Gasteiger partial charge in [0.05, 0.1) is 26.7 Å². The summed E-state index contributed by atoms with van der Waals surface area (Å²) in [4.78, 5) is 6.95. The predicted molar refractivity (Wildman–Crippen MR) is 129 cm³/mol. The molecule has 3 aromatic rings. The zero-order valence-corrected chi connectivity index (χ0v) is 20.5. The van der Waals surface area contributed by atoms with E-state index < -0.39 is 0 Å². The van der Waals surface area contributed by atoms with Crippen molar-refractivity contribution >= 4 is 29.9 Å². The van der Waals surface area contributed by atoms with Gasteiger partial charge in [-0.25, -0.2) is 4.99 Å². The molecule has 3 rings (SSSR count). The van der Waals surface area contributed by atoms with E-state index in [0.717, 1.165) is 35.5 Å². The van der Waals surface area contributed by atoms with Gasteiger partial charge in [0.15, 0.2) is 11.8 Å². The molecule has 0 saturated carbocycles. The Balaban J connectivity index is 0.00000320. The lowest BCUT2D eigenvalue weighted by atomic mass is 10.2. The molecule has 0 spiro atoms. The Bertz CT molecular complexity index is 962. The quantitative estimate of drug-likeness (QED) is 0.293. The fraction of sp³-hybridized carbons (Fsp3) is 0.381. The Morgan fingerprint density at radius 3 is 2.47 bits per heavy atom. The monoisotopic (exact) mass is 523 g/mol. The molecular formula is C21H30IN7O. The highest BCUT2D eigenvalue weighted by Gasteiger charge is 2.11. The topological polar surface area (TPSA) is 72.5 Å². The Morgan fingerprint density at radius 1 is 1.17 bits per heavy atom. The number of methoxy groups -OCH3 is 1. The third kappa shape index (κ3) is 5.97. The highest BCUT2D eigenvalue weighted by Crippen LogP contribution is 2.12. The van der Waals surface area contributed by atoms with Crippen LogP contribution in [0.15, 0.2) is 47.6 Å². The van der Waals surface area contributed by atoms with E-state index in [0.29, 0.717) is 13.1 Å². The van der Waals surface area contributed by atoms with Crippen molar-refractivity contribution in [2.24, 2.45) is 19.1 Å². The lowest BCUT2D eigenvalue weighted by molar-refractivity contribution is 0.414. The van der Waals surface area contributed by atoms with Gasteiger partial charge in [0.1, 0.15) is 11.6 Å². The van der Waals surface area contributed by atoms with Gasteiger partial charge in [-0.05, 0) is 36.8 Å². The molecule has 0 radical (unpaired) electrons. The average molecular weight is 523 g/mol. The van der Waals surface area contributed by atoms with E-state index in [2.05, 4.69) is 31.0 Å². The van der Waals surface area contributed by atoms with Gasteiger partial charge < -0.3 is 24.1 Å². The third-order valence-corrected chi connectivity index (χ3v) is 4.97. The number of halogens is 1. The molecule has 0 bridgehead atoms. The molecule has 2 aromatic heterocycles. The zero-order chi connectivity index (χ0) is 20.8. The van der Waals surface area contributed by atoms with Crippen LogP contribution in [0.1, 0.15) is 22.9 Å². The first-order valence-electron chi connectivity index (χ1n) is 9.55. The van der Waals surface area contributed by atoms with E-state index in [-0.39, 0.29) is 24.0 Å². The number of aryl methyl sites for hydroxylation is 2. The van der Waals surface area contributed by atoms with Crippen molar-refractivity contribution in [3.63, 3.8) is 0 Å². The summed E-state index contributed by atoms with van der Waals surface area (Å²) in [6, 6.07) is 12.1. The number of rotatable bonds is 7. The van der Waals surface area contributed by atoms with Crippen molar-refractivity contribution in [2.45, 2.75) is 26.6 Å². The van der Waals surface area contributed by atoms with E-state index >= 15 is 0 Å². The second kappa shape index (κ2) is 11.0. The Hall–Kier alpha value is -2.56. The summed E-state index contributed by atoms with van der Waals surface area (Å²) in [5.41, 5.74) is 2.33. The molecule has 8 nitrogen and oxygen atoms in total. The largest absolute Gasteiger partial charge is 0.497 e. The van der Waals surface area contributed by atoms with Crippen LogP contribution < -0.4 is 10.1 Å². The molecular weight excluding hydrogens is 493 g/mol. The van der Waals surface area contributed by atoms with Gasteiger partial charge in [0, 0.05) is 33.0 Å². The highest BCUT2D eigenvalue weighted by atomic mass is 127. The molecule has 30 heavy (non-hydrogen) atoms. The van der Waals surface area contributed by atoms with Gasteiger partial charge >= 0.3 is 0 Å². The van der Waals surface area contributed by atoms with E-state index in [1.165, 1.54) is 5.69 Å². The number of aliphatic imine (C=N–C) groups is 1. The van der Waals surface area contributed by atoms with E-state index in [1.807, 2.05) is 69.2 Å². The minimum Gasteiger partial charge on any atom is -0.497 e. The van der Waals surface area contributed by atoms with E-state index in [1.54, 1.807) is 7.11 Å². The summed E-state index contributed by atoms with van der Waals surface area (Å²) in [5, 5.41) is 11.8. The molecule has 0 aliphatic heterocycles. The number of nitrogens with one attached hydrogen (secondary N) is 1. The number of nitrogens with zero attached hydrogens (tertiary/aromatic N) is 6. The molecule has 0 amide bonds. The van der Waals surface area contributed by atoms with Gasteiger partial charge in [-0.15, -0.1) is 34.2 Å². The molecule has 0 atom stereocenters. The minimum absolute atomic E-state index is 0. The SMILES string of the molecule is COc1ccc(CN=C(NCc2nnc(C)n2C)N(C)Cc2cccn2C)cc1.I. The molecule has 0 aliphatic rings. The van der Waals surface area contributed by atoms with Crippen LogP contribution >= 0.6 is 24.0 Å². The van der Waals surface area contributed by atoms with Gasteiger partial charge in [0.2, 0.25) is 0 Å². The summed E-state index contributed by atoms with van der Waals surface area (Å²) in [6.07, 6.45) is 2.05. The van der Waals surface area contributed by atoms with Crippen molar-refractivity contribution < 1.29 is 4.74 Å². The van der Waals surface area contributed by atoms with Crippen molar-refractivity contribution in [1.82, 2.24) is 29.5 Å². The second-order valence-corrected chi connectivity index (χ2v) is 7.03. The average Bonchev–Trinajstić information content (AvgIpc) is 3.27. The van der Waals surface area contributed by atoms with Crippen LogP contribution in [0.5, 0.6) is 5.75 Å². The normalized spacial score (nSPS) is 11.2. The first-order valence-corrected chi connectivity index (χ1v) is 9.55. The van der Waals surface area contributed by atoms with E-state index in [9.17, 15) is 0 Å². The van der Waals surface area contributed by atoms with Crippen molar-refractivity contribution in [3.05, 3.63) is 65.5 Å². The summed E-state index contributed by atoms with van der Waals surface area (Å²) >= 11 is 0. The standard InChI is InChI=1S/C21H29N7O.HI/c1-16-24-25-20(28(16)4)14-23-21(27(3)15-18-7-6-12-26(18)2)22-13-17-8-10-19(29-5)11-9-17;/h6-12H,13-15H2,1-5H3,(H,22,23);1H. The van der Waals surface area contributed by atoms with Crippen LogP contribution in [0.3, 0.4) is 0 Å². The summed E-state index contributed by atoms with van der Waals surface area (Å²) < 4.78 is 9.32. The molecule has 2 heterocycles. The number of guanidine groups is 1. The number of ether oxygens (including phenoxy) is 1. The lowest BCUT2D eigenvalue weighted by Gasteiger charge is -2.23. The van der Waals surface area contributed by atoms with Crippen LogP contribution in [0.25, 0.3) is 0 Å². The second-order valence-electron chi connectivity index (χ2n) is 7.03. The minimum atomic E-state index is 0. The maximum Gasteiger partial charge on any atom is 0.194 e. The van der Waals surface area contributed by atoms with Crippen LogP contribution in [-0.4, -0.2) is 44.3 Å².